The summed E-state index contributed by atoms with van der Waals surface area (Å²) in [6.45, 7) is 0.518. The van der Waals surface area contributed by atoms with E-state index >= 15 is 0 Å². The lowest BCUT2D eigenvalue weighted by atomic mass is 10.2. The first kappa shape index (κ1) is 19.1. The van der Waals surface area contributed by atoms with Crippen LogP contribution in [-0.2, 0) is 4.79 Å². The fourth-order valence-corrected chi connectivity index (χ4v) is 3.97. The van der Waals surface area contributed by atoms with Gasteiger partial charge in [0.1, 0.15) is 17.6 Å². The molecule has 0 saturated carbocycles. The van der Waals surface area contributed by atoms with Gasteiger partial charge in [0.05, 0.1) is 0 Å². The van der Waals surface area contributed by atoms with Crippen LogP contribution in [0.4, 0.5) is 20.9 Å². The second kappa shape index (κ2) is 8.40. The van der Waals surface area contributed by atoms with Crippen molar-refractivity contribution in [1.29, 1.82) is 0 Å². The number of hydrogen-bond acceptors (Lipinski definition) is 5. The van der Waals surface area contributed by atoms with Gasteiger partial charge < -0.3 is 15.5 Å². The molecule has 1 unspecified atom stereocenters. The number of benzene rings is 2. The highest BCUT2D eigenvalue weighted by molar-refractivity contribution is 7.14. The van der Waals surface area contributed by atoms with Crippen molar-refractivity contribution >= 4 is 39.7 Å². The number of aromatic nitrogens is 1. The number of thiazole rings is 1. The Morgan fingerprint density at radius 1 is 1.07 bits per heavy atom. The van der Waals surface area contributed by atoms with E-state index in [9.17, 15) is 14.0 Å². The van der Waals surface area contributed by atoms with Crippen LogP contribution < -0.4 is 10.6 Å². The summed E-state index contributed by atoms with van der Waals surface area (Å²) in [4.78, 5) is 31.5. The van der Waals surface area contributed by atoms with Crippen molar-refractivity contribution in [2.45, 2.75) is 18.9 Å². The quantitative estimate of drug-likeness (QED) is 0.659. The maximum absolute atomic E-state index is 13.0. The number of hydrogen-bond donors (Lipinski definition) is 2. The summed E-state index contributed by atoms with van der Waals surface area (Å²) in [5.74, 6) is -0.777. The van der Waals surface area contributed by atoms with E-state index in [0.29, 0.717) is 35.2 Å². The summed E-state index contributed by atoms with van der Waals surface area (Å²) < 4.78 is 13.0. The van der Waals surface area contributed by atoms with Gasteiger partial charge in [-0.15, -0.1) is 11.3 Å². The molecule has 0 radical (unpaired) electrons. The lowest BCUT2D eigenvalue weighted by Gasteiger charge is -2.23. The molecule has 0 aliphatic carbocycles. The normalized spacial score (nSPS) is 15.9. The molecule has 2 aromatic carbocycles. The first-order valence-corrected chi connectivity index (χ1v) is 10.1. The van der Waals surface area contributed by atoms with Crippen LogP contribution in [0.1, 0.15) is 23.3 Å². The van der Waals surface area contributed by atoms with E-state index in [1.807, 2.05) is 30.3 Å². The van der Waals surface area contributed by atoms with E-state index in [2.05, 4.69) is 15.6 Å². The standard InChI is InChI=1S/C21H19FN4O2S/c22-14-8-10-16(11-9-14)24-21-25-17(13-29-21)20(28)26-12-4-7-18(26)19(27)23-15-5-2-1-3-6-15/h1-3,5-6,8-11,13,18H,4,7,12H2,(H,23,27)(H,24,25). The summed E-state index contributed by atoms with van der Waals surface area (Å²) in [7, 11) is 0. The van der Waals surface area contributed by atoms with Crippen molar-refractivity contribution in [2.75, 3.05) is 17.2 Å². The zero-order chi connectivity index (χ0) is 20.2. The van der Waals surface area contributed by atoms with Crippen LogP contribution in [0.3, 0.4) is 0 Å². The molecule has 1 atom stereocenters. The van der Waals surface area contributed by atoms with Gasteiger partial charge in [0.15, 0.2) is 5.13 Å². The molecule has 0 spiro atoms. The zero-order valence-corrected chi connectivity index (χ0v) is 16.3. The second-order valence-corrected chi connectivity index (χ2v) is 7.54. The third-order valence-corrected chi connectivity index (χ3v) is 5.43. The molecule has 148 valence electrons. The SMILES string of the molecule is O=C(Nc1ccccc1)C1CCCN1C(=O)c1csc(Nc2ccc(F)cc2)n1. The number of amides is 2. The summed E-state index contributed by atoms with van der Waals surface area (Å²) in [5, 5.41) is 8.12. The fourth-order valence-electron chi connectivity index (χ4n) is 3.26. The largest absolute Gasteiger partial charge is 0.332 e. The molecular formula is C21H19FN4O2S. The molecule has 3 aromatic rings. The Balaban J connectivity index is 1.43. The number of carbonyl (C=O) groups is 2. The second-order valence-electron chi connectivity index (χ2n) is 6.68. The first-order chi connectivity index (χ1) is 14.1. The number of nitrogens with one attached hydrogen (secondary N) is 2. The predicted molar refractivity (Wildman–Crippen MR) is 111 cm³/mol. The Morgan fingerprint density at radius 3 is 2.59 bits per heavy atom. The minimum atomic E-state index is -0.516. The number of halogens is 1. The molecule has 2 N–H and O–H groups in total. The van der Waals surface area contributed by atoms with Gasteiger partial charge in [0.25, 0.3) is 5.91 Å². The molecule has 29 heavy (non-hydrogen) atoms. The molecule has 4 rings (SSSR count). The maximum atomic E-state index is 13.0. The van der Waals surface area contributed by atoms with Gasteiger partial charge in [-0.1, -0.05) is 18.2 Å². The minimum absolute atomic E-state index is 0.193. The van der Waals surface area contributed by atoms with Crippen molar-refractivity contribution in [3.8, 4) is 0 Å². The van der Waals surface area contributed by atoms with Gasteiger partial charge in [0.2, 0.25) is 5.91 Å². The number of para-hydroxylation sites is 1. The van der Waals surface area contributed by atoms with Crippen molar-refractivity contribution in [2.24, 2.45) is 0 Å². The van der Waals surface area contributed by atoms with Gasteiger partial charge in [-0.05, 0) is 49.2 Å². The fraction of sp³-hybridized carbons (Fsp3) is 0.190. The number of nitrogens with zero attached hydrogens (tertiary/aromatic N) is 2. The molecule has 6 nitrogen and oxygen atoms in total. The summed E-state index contributed by atoms with van der Waals surface area (Å²) in [6, 6.07) is 14.6. The van der Waals surface area contributed by atoms with Gasteiger partial charge in [-0.2, -0.15) is 0 Å². The van der Waals surface area contributed by atoms with E-state index in [4.69, 9.17) is 0 Å². The lowest BCUT2D eigenvalue weighted by molar-refractivity contribution is -0.119. The monoisotopic (exact) mass is 410 g/mol. The van der Waals surface area contributed by atoms with E-state index in [-0.39, 0.29) is 17.6 Å². The van der Waals surface area contributed by atoms with Crippen LogP contribution in [0.2, 0.25) is 0 Å². The Kier molecular flexibility index (Phi) is 5.53. The van der Waals surface area contributed by atoms with Crippen LogP contribution in [0.5, 0.6) is 0 Å². The average Bonchev–Trinajstić information content (AvgIpc) is 3.40. The van der Waals surface area contributed by atoms with Gasteiger partial charge >= 0.3 is 0 Å². The molecular weight excluding hydrogens is 391 g/mol. The molecule has 2 amide bonds. The highest BCUT2D eigenvalue weighted by Crippen LogP contribution is 2.25. The molecule has 1 fully saturated rings. The van der Waals surface area contributed by atoms with E-state index in [1.54, 1.807) is 22.4 Å². The van der Waals surface area contributed by atoms with Gasteiger partial charge in [-0.25, -0.2) is 9.37 Å². The smallest absolute Gasteiger partial charge is 0.274 e. The predicted octanol–water partition coefficient (Wildman–Crippen LogP) is 4.27. The third kappa shape index (κ3) is 4.43. The number of likely N-dealkylation sites (tertiary alicyclic amines) is 1. The van der Waals surface area contributed by atoms with E-state index < -0.39 is 6.04 Å². The van der Waals surface area contributed by atoms with Gasteiger partial charge in [0, 0.05) is 23.3 Å². The Bertz CT molecular complexity index is 1010. The van der Waals surface area contributed by atoms with Crippen LogP contribution in [0.25, 0.3) is 0 Å². The molecule has 1 aromatic heterocycles. The number of carbonyl (C=O) groups excluding carboxylic acids is 2. The zero-order valence-electron chi connectivity index (χ0n) is 15.5. The lowest BCUT2D eigenvalue weighted by Crippen LogP contribution is -2.43. The minimum Gasteiger partial charge on any atom is -0.332 e. The summed E-state index contributed by atoms with van der Waals surface area (Å²) in [6.07, 6.45) is 1.39. The Morgan fingerprint density at radius 2 is 1.83 bits per heavy atom. The molecule has 1 aliphatic heterocycles. The van der Waals surface area contributed by atoms with E-state index in [1.165, 1.54) is 23.5 Å². The van der Waals surface area contributed by atoms with Crippen molar-refractivity contribution in [1.82, 2.24) is 9.88 Å². The third-order valence-electron chi connectivity index (χ3n) is 4.68. The summed E-state index contributed by atoms with van der Waals surface area (Å²) >= 11 is 1.28. The van der Waals surface area contributed by atoms with Crippen molar-refractivity contribution in [3.05, 3.63) is 71.5 Å². The molecule has 0 bridgehead atoms. The van der Waals surface area contributed by atoms with Crippen LogP contribution in [0, 0.1) is 5.82 Å². The molecule has 1 saturated heterocycles. The topological polar surface area (TPSA) is 74.3 Å². The van der Waals surface area contributed by atoms with E-state index in [0.717, 1.165) is 6.42 Å². The van der Waals surface area contributed by atoms with Crippen molar-refractivity contribution in [3.63, 3.8) is 0 Å². The molecule has 8 heteroatoms. The molecule has 2 heterocycles. The van der Waals surface area contributed by atoms with Gasteiger partial charge in [-0.3, -0.25) is 9.59 Å². The van der Waals surface area contributed by atoms with Crippen LogP contribution in [-0.4, -0.2) is 34.3 Å². The highest BCUT2D eigenvalue weighted by atomic mass is 32.1. The Hall–Kier alpha value is -3.26. The number of rotatable bonds is 5. The van der Waals surface area contributed by atoms with Crippen LogP contribution in [0.15, 0.2) is 60.0 Å². The highest BCUT2D eigenvalue weighted by Gasteiger charge is 2.35. The Labute approximate surface area is 171 Å². The van der Waals surface area contributed by atoms with Crippen LogP contribution >= 0.6 is 11.3 Å². The maximum Gasteiger partial charge on any atom is 0.274 e. The summed E-state index contributed by atoms with van der Waals surface area (Å²) in [5.41, 5.74) is 1.68. The average molecular weight is 410 g/mol. The molecule has 1 aliphatic rings. The first-order valence-electron chi connectivity index (χ1n) is 9.25. The number of anilines is 3. The van der Waals surface area contributed by atoms with Crippen molar-refractivity contribution < 1.29 is 14.0 Å².